The molecule has 53 heavy (non-hydrogen) atoms. The Labute approximate surface area is 311 Å². The van der Waals surface area contributed by atoms with E-state index in [-0.39, 0.29) is 13.0 Å². The van der Waals surface area contributed by atoms with E-state index in [4.69, 9.17) is 33.5 Å². The number of carboxylic acids is 1. The van der Waals surface area contributed by atoms with E-state index in [1.165, 1.54) is 0 Å². The van der Waals surface area contributed by atoms with Crippen LogP contribution >= 0.6 is 0 Å². The largest absolute Gasteiger partial charge is 0.481 e. The monoisotopic (exact) mass is 768 g/mol. The van der Waals surface area contributed by atoms with E-state index in [0.29, 0.717) is 19.3 Å². The molecule has 2 rings (SSSR count). The molecule has 0 amide bonds. The number of aliphatic carboxylic acids is 1. The van der Waals surface area contributed by atoms with Crippen LogP contribution in [-0.4, -0.2) is 152 Å². The highest BCUT2D eigenvalue weighted by Crippen LogP contribution is 2.31. The van der Waals surface area contributed by atoms with Crippen LogP contribution in [0.1, 0.15) is 117 Å². The zero-order valence-electron chi connectivity index (χ0n) is 31.1. The minimum atomic E-state index is -1.83. The molecule has 12 unspecified atom stereocenters. The lowest BCUT2D eigenvalue weighted by Gasteiger charge is -2.46. The average Bonchev–Trinajstić information content (AvgIpc) is 3.10. The molecular formula is C36H64O17. The Bertz CT molecular complexity index is 1030. The number of aliphatic hydroxyl groups is 7. The Morgan fingerprint density at radius 1 is 0.698 bits per heavy atom. The molecule has 0 aromatic carbocycles. The minimum absolute atomic E-state index is 0.231. The quantitative estimate of drug-likeness (QED) is 0.0424. The SMILES string of the molecule is CCCC(O)CC(=O)OC1C(OC2C(COC(C)=O)OC(OCC(O)CCCCCCCCCCCCCC(=O)O)C(O)C2O)OC(CO)C(O)C1O. The number of aliphatic hydroxyl groups excluding tert-OH is 7. The highest BCUT2D eigenvalue weighted by atomic mass is 16.8. The summed E-state index contributed by atoms with van der Waals surface area (Å²) < 4.78 is 33.4. The molecule has 0 saturated carbocycles. The molecule has 2 aliphatic rings. The van der Waals surface area contributed by atoms with Crippen molar-refractivity contribution in [3.63, 3.8) is 0 Å². The Morgan fingerprint density at radius 2 is 1.26 bits per heavy atom. The predicted octanol–water partition coefficient (Wildman–Crippen LogP) is 0.817. The number of carboxylic acid groups (broad SMARTS) is 1. The van der Waals surface area contributed by atoms with E-state index in [1.54, 1.807) is 0 Å². The maximum atomic E-state index is 12.6. The lowest BCUT2D eigenvalue weighted by Crippen LogP contribution is -2.65. The molecule has 0 aromatic rings. The van der Waals surface area contributed by atoms with Gasteiger partial charge in [0.15, 0.2) is 18.7 Å². The van der Waals surface area contributed by atoms with Gasteiger partial charge in [-0.05, 0) is 19.3 Å². The molecule has 0 aliphatic carbocycles. The van der Waals surface area contributed by atoms with Crippen molar-refractivity contribution in [3.8, 4) is 0 Å². The summed E-state index contributed by atoms with van der Waals surface area (Å²) in [4.78, 5) is 34.8. The van der Waals surface area contributed by atoms with E-state index >= 15 is 0 Å². The first-order chi connectivity index (χ1) is 25.3. The van der Waals surface area contributed by atoms with Gasteiger partial charge in [0.25, 0.3) is 0 Å². The predicted molar refractivity (Wildman–Crippen MR) is 185 cm³/mol. The first kappa shape index (κ1) is 47.1. The molecule has 8 N–H and O–H groups in total. The van der Waals surface area contributed by atoms with Crippen LogP contribution in [0.5, 0.6) is 0 Å². The molecule has 2 heterocycles. The maximum absolute atomic E-state index is 12.6. The zero-order valence-corrected chi connectivity index (χ0v) is 31.1. The van der Waals surface area contributed by atoms with Crippen molar-refractivity contribution in [2.75, 3.05) is 19.8 Å². The Kier molecular flexibility index (Phi) is 23.1. The van der Waals surface area contributed by atoms with Crippen molar-refractivity contribution in [1.82, 2.24) is 0 Å². The van der Waals surface area contributed by atoms with Crippen LogP contribution in [0, 0.1) is 0 Å². The fourth-order valence-corrected chi connectivity index (χ4v) is 6.36. The number of ether oxygens (including phenoxy) is 6. The first-order valence-corrected chi connectivity index (χ1v) is 19.1. The summed E-state index contributed by atoms with van der Waals surface area (Å²) in [5.41, 5.74) is 0. The van der Waals surface area contributed by atoms with E-state index in [1.807, 2.05) is 6.92 Å². The van der Waals surface area contributed by atoms with E-state index < -0.39 is 111 Å². The van der Waals surface area contributed by atoms with Crippen LogP contribution < -0.4 is 0 Å². The Morgan fingerprint density at radius 3 is 1.83 bits per heavy atom. The van der Waals surface area contributed by atoms with Crippen molar-refractivity contribution < 1.29 is 83.7 Å². The van der Waals surface area contributed by atoms with Gasteiger partial charge in [-0.25, -0.2) is 0 Å². The minimum Gasteiger partial charge on any atom is -0.481 e. The van der Waals surface area contributed by atoms with Crippen LogP contribution in [0.3, 0.4) is 0 Å². The molecule has 17 heteroatoms. The lowest BCUT2D eigenvalue weighted by atomic mass is 9.96. The smallest absolute Gasteiger partial charge is 0.308 e. The van der Waals surface area contributed by atoms with Crippen molar-refractivity contribution in [3.05, 3.63) is 0 Å². The third kappa shape index (κ3) is 17.5. The molecule has 17 nitrogen and oxygen atoms in total. The van der Waals surface area contributed by atoms with E-state index in [9.17, 15) is 50.1 Å². The summed E-state index contributed by atoms with van der Waals surface area (Å²) in [6.07, 6.45) is -6.04. The van der Waals surface area contributed by atoms with Gasteiger partial charge in [-0.1, -0.05) is 77.6 Å². The van der Waals surface area contributed by atoms with Gasteiger partial charge < -0.3 is 69.3 Å². The number of rotatable bonds is 27. The molecule has 12 atom stereocenters. The number of hydrogen-bond donors (Lipinski definition) is 8. The zero-order chi connectivity index (χ0) is 39.3. The third-order valence-corrected chi connectivity index (χ3v) is 9.38. The third-order valence-electron chi connectivity index (χ3n) is 9.38. The first-order valence-electron chi connectivity index (χ1n) is 19.1. The van der Waals surface area contributed by atoms with Crippen molar-refractivity contribution >= 4 is 17.9 Å². The second-order valence-corrected chi connectivity index (χ2v) is 14.0. The highest BCUT2D eigenvalue weighted by Gasteiger charge is 2.52. The summed E-state index contributed by atoms with van der Waals surface area (Å²) in [5.74, 6) is -2.39. The summed E-state index contributed by atoms with van der Waals surface area (Å²) in [7, 11) is 0. The van der Waals surface area contributed by atoms with Gasteiger partial charge >= 0.3 is 17.9 Å². The number of esters is 2. The number of carbonyl (C=O) groups excluding carboxylic acids is 2. The molecule has 2 saturated heterocycles. The van der Waals surface area contributed by atoms with Crippen LogP contribution in [0.15, 0.2) is 0 Å². The summed E-state index contributed by atoms with van der Waals surface area (Å²) in [6, 6.07) is 0. The van der Waals surface area contributed by atoms with Gasteiger partial charge in [-0.2, -0.15) is 0 Å². The van der Waals surface area contributed by atoms with Gasteiger partial charge in [0.2, 0.25) is 0 Å². The topological polar surface area (TPSA) is 268 Å². The Hall–Kier alpha value is -2.03. The van der Waals surface area contributed by atoms with Gasteiger partial charge in [0.1, 0.15) is 49.3 Å². The van der Waals surface area contributed by atoms with Crippen LogP contribution in [0.4, 0.5) is 0 Å². The van der Waals surface area contributed by atoms with Crippen LogP contribution in [0.2, 0.25) is 0 Å². The average molecular weight is 769 g/mol. The van der Waals surface area contributed by atoms with Crippen molar-refractivity contribution in [1.29, 1.82) is 0 Å². The van der Waals surface area contributed by atoms with E-state index in [0.717, 1.165) is 77.6 Å². The number of carbonyl (C=O) groups is 3. The van der Waals surface area contributed by atoms with Crippen molar-refractivity contribution in [2.24, 2.45) is 0 Å². The molecule has 0 bridgehead atoms. The van der Waals surface area contributed by atoms with Gasteiger partial charge in [0, 0.05) is 13.3 Å². The second-order valence-electron chi connectivity index (χ2n) is 14.0. The van der Waals surface area contributed by atoms with Crippen LogP contribution in [0.25, 0.3) is 0 Å². The van der Waals surface area contributed by atoms with Crippen LogP contribution in [-0.2, 0) is 42.8 Å². The lowest BCUT2D eigenvalue weighted by molar-refractivity contribution is -0.361. The molecule has 2 fully saturated rings. The molecule has 0 aromatic heterocycles. The number of hydrogen-bond acceptors (Lipinski definition) is 16. The standard InChI is InChI=1S/C36H64O17/c1-3-15-23(39)18-28(43)52-34-30(45)29(44)25(19-37)50-36(34)53-33-26(21-48-22(2)38)51-35(32(47)31(33)46)49-20-24(40)16-13-11-9-7-5-4-6-8-10-12-14-17-27(41)42/h23-26,29-37,39-40,44-47H,3-21H2,1-2H3,(H,41,42). The Balaban J connectivity index is 1.90. The van der Waals surface area contributed by atoms with Gasteiger partial charge in [-0.15, -0.1) is 0 Å². The summed E-state index contributed by atoms with van der Waals surface area (Å²) in [6.45, 7) is 1.46. The van der Waals surface area contributed by atoms with E-state index in [2.05, 4.69) is 0 Å². The normalized spacial score (nSPS) is 30.1. The second kappa shape index (κ2) is 25.9. The maximum Gasteiger partial charge on any atom is 0.308 e. The summed E-state index contributed by atoms with van der Waals surface area (Å²) >= 11 is 0. The molecule has 0 radical (unpaired) electrons. The van der Waals surface area contributed by atoms with Gasteiger partial charge in [0.05, 0.1) is 31.8 Å². The summed E-state index contributed by atoms with van der Waals surface area (Å²) in [5, 5.41) is 82.3. The fraction of sp³-hybridized carbons (Fsp3) is 0.917. The molecular weight excluding hydrogens is 704 g/mol. The number of unbranched alkanes of at least 4 members (excludes halogenated alkanes) is 10. The van der Waals surface area contributed by atoms with Crippen molar-refractivity contribution in [2.45, 2.75) is 190 Å². The highest BCUT2D eigenvalue weighted by molar-refractivity contribution is 5.70. The van der Waals surface area contributed by atoms with Gasteiger partial charge in [-0.3, -0.25) is 14.4 Å². The molecule has 310 valence electrons. The molecule has 2 aliphatic heterocycles. The fourth-order valence-electron chi connectivity index (χ4n) is 6.36. The molecule has 0 spiro atoms.